The Morgan fingerprint density at radius 1 is 1.26 bits per heavy atom. The Morgan fingerprint density at radius 2 is 2.00 bits per heavy atom. The van der Waals surface area contributed by atoms with Crippen molar-refractivity contribution >= 4 is 23.2 Å². The van der Waals surface area contributed by atoms with Crippen molar-refractivity contribution in [3.05, 3.63) is 51.5 Å². The first-order valence-corrected chi connectivity index (χ1v) is 9.60. The van der Waals surface area contributed by atoms with E-state index in [-0.39, 0.29) is 11.7 Å². The lowest BCUT2D eigenvalue weighted by Gasteiger charge is -2.22. The minimum atomic E-state index is -0.621. The average molecular weight is 392 g/mol. The summed E-state index contributed by atoms with van der Waals surface area (Å²) in [5.41, 5.74) is 5.56. The Morgan fingerprint density at radius 3 is 2.67 bits per heavy atom. The molecule has 0 radical (unpaired) electrons. The number of amides is 1. The van der Waals surface area contributed by atoms with Crippen LogP contribution in [0.5, 0.6) is 5.75 Å². The Labute approximate surface area is 162 Å². The van der Waals surface area contributed by atoms with E-state index >= 15 is 0 Å². The van der Waals surface area contributed by atoms with E-state index in [9.17, 15) is 14.0 Å². The SMILES string of the molecule is Cc1ccc(OC(=O)c2ccc(CC(C)(C)C(=O)NCCCN)s2)c(F)c1. The third kappa shape index (κ3) is 5.87. The third-order valence-electron chi connectivity index (χ3n) is 4.05. The number of ether oxygens (including phenoxy) is 1. The maximum atomic E-state index is 13.8. The predicted molar refractivity (Wildman–Crippen MR) is 105 cm³/mol. The molecule has 2 aromatic rings. The molecule has 0 atom stereocenters. The Bertz CT molecular complexity index is 817. The molecule has 146 valence electrons. The summed E-state index contributed by atoms with van der Waals surface area (Å²) in [4.78, 5) is 25.8. The predicted octanol–water partition coefficient (Wildman–Crippen LogP) is 3.45. The lowest BCUT2D eigenvalue weighted by atomic mass is 9.87. The number of halogens is 1. The van der Waals surface area contributed by atoms with Crippen LogP contribution in [0.25, 0.3) is 0 Å². The van der Waals surface area contributed by atoms with Crippen molar-refractivity contribution < 1.29 is 18.7 Å². The summed E-state index contributed by atoms with van der Waals surface area (Å²) >= 11 is 1.24. The molecule has 1 heterocycles. The van der Waals surface area contributed by atoms with E-state index < -0.39 is 17.2 Å². The van der Waals surface area contributed by atoms with Crippen LogP contribution >= 0.6 is 11.3 Å². The van der Waals surface area contributed by atoms with Gasteiger partial charge in [0.2, 0.25) is 5.91 Å². The number of rotatable bonds is 8. The van der Waals surface area contributed by atoms with E-state index in [4.69, 9.17) is 10.5 Å². The molecule has 1 aromatic heterocycles. The number of benzene rings is 1. The van der Waals surface area contributed by atoms with Gasteiger partial charge in [0.25, 0.3) is 0 Å². The number of nitrogens with two attached hydrogens (primary N) is 1. The molecule has 0 bridgehead atoms. The standard InChI is InChI=1S/C20H25FN2O3S/c1-13-5-7-16(15(21)11-13)26-18(24)17-8-6-14(27-17)12-20(2,3)19(25)23-10-4-9-22/h5-8,11H,4,9-10,12,22H2,1-3H3,(H,23,25). The van der Waals surface area contributed by atoms with Gasteiger partial charge in [-0.1, -0.05) is 19.9 Å². The van der Waals surface area contributed by atoms with Gasteiger partial charge < -0.3 is 15.8 Å². The van der Waals surface area contributed by atoms with E-state index in [1.165, 1.54) is 23.5 Å². The maximum absolute atomic E-state index is 13.8. The van der Waals surface area contributed by atoms with Gasteiger partial charge in [-0.2, -0.15) is 0 Å². The van der Waals surface area contributed by atoms with Crippen molar-refractivity contribution in [1.29, 1.82) is 0 Å². The number of aryl methyl sites for hydroxylation is 1. The first-order valence-electron chi connectivity index (χ1n) is 8.78. The van der Waals surface area contributed by atoms with E-state index in [1.54, 1.807) is 25.1 Å². The maximum Gasteiger partial charge on any atom is 0.353 e. The first kappa shape index (κ1) is 21.1. The monoisotopic (exact) mass is 392 g/mol. The Balaban J connectivity index is 2.00. The summed E-state index contributed by atoms with van der Waals surface area (Å²) in [5, 5.41) is 2.87. The second kappa shape index (κ2) is 9.10. The molecular weight excluding hydrogens is 367 g/mol. The van der Waals surface area contributed by atoms with Gasteiger partial charge in [0, 0.05) is 16.8 Å². The summed E-state index contributed by atoms with van der Waals surface area (Å²) in [7, 11) is 0. The van der Waals surface area contributed by atoms with Crippen molar-refractivity contribution in [2.24, 2.45) is 11.1 Å². The van der Waals surface area contributed by atoms with Crippen LogP contribution in [0.4, 0.5) is 4.39 Å². The highest BCUT2D eigenvalue weighted by atomic mass is 32.1. The zero-order valence-electron chi connectivity index (χ0n) is 15.8. The van der Waals surface area contributed by atoms with Gasteiger partial charge in [-0.05, 0) is 56.1 Å². The molecule has 0 aliphatic carbocycles. The largest absolute Gasteiger partial charge is 0.419 e. The van der Waals surface area contributed by atoms with Gasteiger partial charge in [0.15, 0.2) is 11.6 Å². The van der Waals surface area contributed by atoms with Gasteiger partial charge in [0.05, 0.1) is 0 Å². The second-order valence-electron chi connectivity index (χ2n) is 7.05. The van der Waals surface area contributed by atoms with Crippen LogP contribution in [0.3, 0.4) is 0 Å². The van der Waals surface area contributed by atoms with Gasteiger partial charge in [-0.3, -0.25) is 4.79 Å². The smallest absolute Gasteiger partial charge is 0.353 e. The minimum Gasteiger partial charge on any atom is -0.419 e. The number of carbonyl (C=O) groups excluding carboxylic acids is 2. The Kier molecular flexibility index (Phi) is 7.10. The van der Waals surface area contributed by atoms with E-state index in [0.29, 0.717) is 24.4 Å². The van der Waals surface area contributed by atoms with E-state index in [2.05, 4.69) is 5.32 Å². The lowest BCUT2D eigenvalue weighted by Crippen LogP contribution is -2.39. The molecular formula is C20H25FN2O3S. The van der Waals surface area contributed by atoms with E-state index in [0.717, 1.165) is 16.9 Å². The fourth-order valence-electron chi connectivity index (χ4n) is 2.48. The van der Waals surface area contributed by atoms with Gasteiger partial charge in [-0.25, -0.2) is 9.18 Å². The summed E-state index contributed by atoms with van der Waals surface area (Å²) < 4.78 is 19.0. The molecule has 1 amide bonds. The highest BCUT2D eigenvalue weighted by Gasteiger charge is 2.28. The molecule has 27 heavy (non-hydrogen) atoms. The first-order chi connectivity index (χ1) is 12.7. The normalized spacial score (nSPS) is 11.3. The molecule has 0 unspecified atom stereocenters. The molecule has 0 fully saturated rings. The van der Waals surface area contributed by atoms with Crippen LogP contribution in [0.15, 0.2) is 30.3 Å². The molecule has 3 N–H and O–H groups in total. The van der Waals surface area contributed by atoms with Crippen molar-refractivity contribution in [3.63, 3.8) is 0 Å². The van der Waals surface area contributed by atoms with Crippen LogP contribution < -0.4 is 15.8 Å². The number of hydrogen-bond donors (Lipinski definition) is 2. The number of thiophene rings is 1. The van der Waals surface area contributed by atoms with Gasteiger partial charge in [0.1, 0.15) is 4.88 Å². The summed E-state index contributed by atoms with van der Waals surface area (Å²) in [6, 6.07) is 7.86. The second-order valence-corrected chi connectivity index (χ2v) is 8.22. The molecule has 5 nitrogen and oxygen atoms in total. The molecule has 0 aliphatic rings. The van der Waals surface area contributed by atoms with Gasteiger partial charge >= 0.3 is 5.97 Å². The quantitative estimate of drug-likeness (QED) is 0.410. The lowest BCUT2D eigenvalue weighted by molar-refractivity contribution is -0.129. The number of carbonyl (C=O) groups is 2. The zero-order valence-corrected chi connectivity index (χ0v) is 16.6. The van der Waals surface area contributed by atoms with Crippen molar-refractivity contribution in [2.75, 3.05) is 13.1 Å². The molecule has 2 rings (SSSR count). The molecule has 0 spiro atoms. The summed E-state index contributed by atoms with van der Waals surface area (Å²) in [6.07, 6.45) is 1.21. The van der Waals surface area contributed by atoms with E-state index in [1.807, 2.05) is 13.8 Å². The highest BCUT2D eigenvalue weighted by Crippen LogP contribution is 2.28. The van der Waals surface area contributed by atoms with Crippen LogP contribution in [-0.2, 0) is 11.2 Å². The molecule has 0 aliphatic heterocycles. The Hall–Kier alpha value is -2.25. The van der Waals surface area contributed by atoms with Crippen LogP contribution in [0.2, 0.25) is 0 Å². The molecule has 1 aromatic carbocycles. The zero-order chi connectivity index (χ0) is 20.0. The minimum absolute atomic E-state index is 0.0600. The molecule has 7 heteroatoms. The topological polar surface area (TPSA) is 81.4 Å². The summed E-state index contributed by atoms with van der Waals surface area (Å²) in [6.45, 7) is 6.53. The third-order valence-corrected chi connectivity index (χ3v) is 5.12. The van der Waals surface area contributed by atoms with Crippen LogP contribution in [0, 0.1) is 18.2 Å². The molecule has 0 saturated carbocycles. The number of hydrogen-bond acceptors (Lipinski definition) is 5. The summed E-state index contributed by atoms with van der Waals surface area (Å²) in [5.74, 6) is -1.34. The van der Waals surface area contributed by atoms with Crippen LogP contribution in [-0.4, -0.2) is 25.0 Å². The average Bonchev–Trinajstić information content (AvgIpc) is 3.05. The fraction of sp³-hybridized carbons (Fsp3) is 0.400. The molecule has 0 saturated heterocycles. The van der Waals surface area contributed by atoms with Crippen LogP contribution in [0.1, 0.15) is 40.4 Å². The number of nitrogens with one attached hydrogen (secondary N) is 1. The van der Waals surface area contributed by atoms with Crippen molar-refractivity contribution in [3.8, 4) is 5.75 Å². The number of esters is 1. The van der Waals surface area contributed by atoms with Gasteiger partial charge in [-0.15, -0.1) is 11.3 Å². The highest BCUT2D eigenvalue weighted by molar-refractivity contribution is 7.13. The van der Waals surface area contributed by atoms with Crippen molar-refractivity contribution in [2.45, 2.75) is 33.6 Å². The van der Waals surface area contributed by atoms with Crippen molar-refractivity contribution in [1.82, 2.24) is 5.32 Å². The fourth-order valence-corrected chi connectivity index (χ4v) is 3.59.